The molecule has 0 amide bonds. The molecule has 0 bridgehead atoms. The molecule has 0 saturated carbocycles. The second-order valence-corrected chi connectivity index (χ2v) is 4.48. The van der Waals surface area contributed by atoms with E-state index in [0.29, 0.717) is 0 Å². The fourth-order valence-electron chi connectivity index (χ4n) is 1.12. The summed E-state index contributed by atoms with van der Waals surface area (Å²) in [5, 5.41) is 13.0. The highest BCUT2D eigenvalue weighted by molar-refractivity contribution is 9.11. The van der Waals surface area contributed by atoms with E-state index in [1.54, 1.807) is 10.9 Å². The highest BCUT2D eigenvalue weighted by Gasteiger charge is 2.04. The van der Waals surface area contributed by atoms with Crippen molar-refractivity contribution in [2.75, 3.05) is 0 Å². The number of hydrogen-bond donors (Lipinski definition) is 1. The van der Waals surface area contributed by atoms with Gasteiger partial charge in [0.05, 0.1) is 5.69 Å². The van der Waals surface area contributed by atoms with Gasteiger partial charge in [0.1, 0.15) is 0 Å². The summed E-state index contributed by atoms with van der Waals surface area (Å²) in [6.07, 6.45) is 1.70. The highest BCUT2D eigenvalue weighted by atomic mass is 79.9. The number of hydrogen-bond acceptors (Lipinski definition) is 2. The van der Waals surface area contributed by atoms with Crippen LogP contribution in [0.1, 0.15) is 0 Å². The van der Waals surface area contributed by atoms with E-state index in [2.05, 4.69) is 37.0 Å². The molecule has 72 valence electrons. The number of benzene rings is 1. The molecule has 1 aromatic heterocycles. The van der Waals surface area contributed by atoms with Gasteiger partial charge in [-0.15, -0.1) is 5.10 Å². The Morgan fingerprint density at radius 3 is 2.57 bits per heavy atom. The van der Waals surface area contributed by atoms with Gasteiger partial charge in [-0.05, 0) is 34.1 Å². The highest BCUT2D eigenvalue weighted by Crippen LogP contribution is 2.25. The summed E-state index contributed by atoms with van der Waals surface area (Å²) >= 11 is 6.79. The maximum atomic E-state index is 9.10. The van der Waals surface area contributed by atoms with Gasteiger partial charge in [-0.2, -0.15) is 0 Å². The van der Waals surface area contributed by atoms with E-state index >= 15 is 0 Å². The first-order valence-corrected chi connectivity index (χ1v) is 5.45. The van der Waals surface area contributed by atoms with Crippen LogP contribution in [0.4, 0.5) is 0 Å². The van der Waals surface area contributed by atoms with Gasteiger partial charge in [-0.3, -0.25) is 0 Å². The molecule has 0 aliphatic heterocycles. The van der Waals surface area contributed by atoms with Gasteiger partial charge in [0.15, 0.2) is 0 Å². The number of halogens is 2. The van der Waals surface area contributed by atoms with Crippen LogP contribution in [-0.4, -0.2) is 14.9 Å². The Morgan fingerprint density at radius 1 is 1.21 bits per heavy atom. The smallest absolute Gasteiger partial charge is 0.230 e. The average Bonchev–Trinajstić information content (AvgIpc) is 2.51. The van der Waals surface area contributed by atoms with Crippen LogP contribution in [0.25, 0.3) is 5.69 Å². The SMILES string of the molecule is Oc1ccn(-c2ccc(Br)cc2Br)n1. The molecule has 0 saturated heterocycles. The monoisotopic (exact) mass is 316 g/mol. The fraction of sp³-hybridized carbons (Fsp3) is 0. The third-order valence-electron chi connectivity index (χ3n) is 1.73. The molecular formula is C9H6Br2N2O. The van der Waals surface area contributed by atoms with Gasteiger partial charge in [0.2, 0.25) is 5.88 Å². The molecule has 0 atom stereocenters. The maximum absolute atomic E-state index is 9.10. The Balaban J connectivity index is 2.52. The lowest BCUT2D eigenvalue weighted by Gasteiger charge is -2.03. The molecule has 0 spiro atoms. The molecule has 0 radical (unpaired) electrons. The number of aromatic nitrogens is 2. The molecule has 1 N–H and O–H groups in total. The first-order valence-electron chi connectivity index (χ1n) is 3.87. The zero-order valence-corrected chi connectivity index (χ0v) is 10.2. The topological polar surface area (TPSA) is 38.0 Å². The van der Waals surface area contributed by atoms with Crippen molar-refractivity contribution in [3.05, 3.63) is 39.4 Å². The largest absolute Gasteiger partial charge is 0.492 e. The summed E-state index contributed by atoms with van der Waals surface area (Å²) in [4.78, 5) is 0. The van der Waals surface area contributed by atoms with E-state index in [9.17, 15) is 0 Å². The van der Waals surface area contributed by atoms with Crippen LogP contribution in [0.5, 0.6) is 5.88 Å². The third kappa shape index (κ3) is 1.83. The molecule has 0 fully saturated rings. The van der Waals surface area contributed by atoms with Crippen molar-refractivity contribution >= 4 is 31.9 Å². The van der Waals surface area contributed by atoms with Gasteiger partial charge in [0.25, 0.3) is 0 Å². The molecule has 2 rings (SSSR count). The second kappa shape index (κ2) is 3.74. The summed E-state index contributed by atoms with van der Waals surface area (Å²) in [6.45, 7) is 0. The molecule has 1 aromatic carbocycles. The average molecular weight is 318 g/mol. The normalized spacial score (nSPS) is 10.4. The Hall–Kier alpha value is -0.810. The summed E-state index contributed by atoms with van der Waals surface area (Å²) in [5.74, 6) is 0.0137. The molecule has 5 heteroatoms. The lowest BCUT2D eigenvalue weighted by molar-refractivity contribution is 0.448. The minimum absolute atomic E-state index is 0.0137. The van der Waals surface area contributed by atoms with Crippen molar-refractivity contribution in [3.63, 3.8) is 0 Å². The minimum Gasteiger partial charge on any atom is -0.492 e. The van der Waals surface area contributed by atoms with Gasteiger partial charge in [-0.25, -0.2) is 4.68 Å². The number of aromatic hydroxyl groups is 1. The maximum Gasteiger partial charge on any atom is 0.230 e. The van der Waals surface area contributed by atoms with Crippen molar-refractivity contribution < 1.29 is 5.11 Å². The van der Waals surface area contributed by atoms with Crippen LogP contribution < -0.4 is 0 Å². The fourth-order valence-corrected chi connectivity index (χ4v) is 2.34. The van der Waals surface area contributed by atoms with Crippen molar-refractivity contribution in [1.82, 2.24) is 9.78 Å². The van der Waals surface area contributed by atoms with Crippen LogP contribution in [0.3, 0.4) is 0 Å². The van der Waals surface area contributed by atoms with Crippen molar-refractivity contribution in [2.24, 2.45) is 0 Å². The van der Waals surface area contributed by atoms with Crippen LogP contribution in [0, 0.1) is 0 Å². The summed E-state index contributed by atoms with van der Waals surface area (Å²) in [5.41, 5.74) is 0.883. The first kappa shape index (κ1) is 9.73. The van der Waals surface area contributed by atoms with Crippen LogP contribution >= 0.6 is 31.9 Å². The zero-order valence-electron chi connectivity index (χ0n) is 6.98. The van der Waals surface area contributed by atoms with Gasteiger partial charge in [0, 0.05) is 21.2 Å². The molecule has 1 heterocycles. The molecule has 2 aromatic rings. The van der Waals surface area contributed by atoms with Crippen LogP contribution in [-0.2, 0) is 0 Å². The predicted molar refractivity (Wildman–Crippen MR) is 60.6 cm³/mol. The van der Waals surface area contributed by atoms with E-state index in [0.717, 1.165) is 14.6 Å². The quantitative estimate of drug-likeness (QED) is 0.877. The lowest BCUT2D eigenvalue weighted by Crippen LogP contribution is -1.95. The molecule has 3 nitrogen and oxygen atoms in total. The Labute approximate surface area is 97.6 Å². The van der Waals surface area contributed by atoms with Crippen LogP contribution in [0.2, 0.25) is 0 Å². The standard InChI is InChI=1S/C9H6Br2N2O/c10-6-1-2-8(7(11)5-6)13-4-3-9(14)12-13/h1-5H,(H,12,14). The van der Waals surface area contributed by atoms with Crippen molar-refractivity contribution in [1.29, 1.82) is 0 Å². The van der Waals surface area contributed by atoms with Gasteiger partial charge < -0.3 is 5.11 Å². The van der Waals surface area contributed by atoms with Crippen molar-refractivity contribution in [3.8, 4) is 11.6 Å². The lowest BCUT2D eigenvalue weighted by atomic mass is 10.3. The minimum atomic E-state index is 0.0137. The zero-order chi connectivity index (χ0) is 10.1. The Morgan fingerprint density at radius 2 is 2.00 bits per heavy atom. The molecular weight excluding hydrogens is 312 g/mol. The second-order valence-electron chi connectivity index (χ2n) is 2.71. The Kier molecular flexibility index (Phi) is 2.60. The number of nitrogens with zero attached hydrogens (tertiary/aromatic N) is 2. The summed E-state index contributed by atoms with van der Waals surface area (Å²) in [6, 6.07) is 7.28. The molecule has 0 unspecified atom stereocenters. The van der Waals surface area contributed by atoms with E-state index in [4.69, 9.17) is 5.11 Å². The van der Waals surface area contributed by atoms with Gasteiger partial charge in [-0.1, -0.05) is 15.9 Å². The third-order valence-corrected chi connectivity index (χ3v) is 2.86. The summed E-state index contributed by atoms with van der Waals surface area (Å²) in [7, 11) is 0. The summed E-state index contributed by atoms with van der Waals surface area (Å²) < 4.78 is 3.51. The molecule has 0 aliphatic carbocycles. The Bertz CT molecular complexity index is 468. The number of rotatable bonds is 1. The van der Waals surface area contributed by atoms with E-state index in [-0.39, 0.29) is 5.88 Å². The van der Waals surface area contributed by atoms with E-state index in [1.807, 2.05) is 18.2 Å². The van der Waals surface area contributed by atoms with E-state index < -0.39 is 0 Å². The van der Waals surface area contributed by atoms with Gasteiger partial charge >= 0.3 is 0 Å². The van der Waals surface area contributed by atoms with Crippen LogP contribution in [0.15, 0.2) is 39.4 Å². The van der Waals surface area contributed by atoms with Crippen molar-refractivity contribution in [2.45, 2.75) is 0 Å². The molecule has 0 aliphatic rings. The van der Waals surface area contributed by atoms with E-state index in [1.165, 1.54) is 6.07 Å². The first-order chi connectivity index (χ1) is 6.66. The predicted octanol–water partition coefficient (Wildman–Crippen LogP) is 3.10. The molecule has 14 heavy (non-hydrogen) atoms.